The molecule has 2 aromatic heterocycles. The fourth-order valence-electron chi connectivity index (χ4n) is 2.66. The van der Waals surface area contributed by atoms with Crippen molar-refractivity contribution < 1.29 is 9.18 Å². The van der Waals surface area contributed by atoms with Crippen molar-refractivity contribution in [1.29, 1.82) is 0 Å². The molecule has 0 radical (unpaired) electrons. The van der Waals surface area contributed by atoms with Gasteiger partial charge >= 0.3 is 0 Å². The number of alkyl halides is 1. The van der Waals surface area contributed by atoms with Crippen LogP contribution in [0.2, 0.25) is 0 Å². The van der Waals surface area contributed by atoms with E-state index < -0.39 is 6.17 Å². The number of hydrogen-bond donors (Lipinski definition) is 1. The Hall–Kier alpha value is -1.80. The van der Waals surface area contributed by atoms with Crippen molar-refractivity contribution in [2.24, 2.45) is 0 Å². The van der Waals surface area contributed by atoms with Crippen molar-refractivity contribution in [3.63, 3.8) is 0 Å². The summed E-state index contributed by atoms with van der Waals surface area (Å²) in [4.78, 5) is 18.2. The van der Waals surface area contributed by atoms with E-state index in [1.54, 1.807) is 40.7 Å². The first-order chi connectivity index (χ1) is 10.7. The van der Waals surface area contributed by atoms with Crippen LogP contribution in [-0.4, -0.2) is 50.9 Å². The van der Waals surface area contributed by atoms with Crippen molar-refractivity contribution in [2.75, 3.05) is 13.1 Å². The third kappa shape index (κ3) is 3.89. The molecule has 2 atom stereocenters. The van der Waals surface area contributed by atoms with Crippen molar-refractivity contribution >= 4 is 17.2 Å². The Labute approximate surface area is 132 Å². The van der Waals surface area contributed by atoms with E-state index in [9.17, 15) is 9.18 Å². The average Bonchev–Trinajstić information content (AvgIpc) is 3.20. The summed E-state index contributed by atoms with van der Waals surface area (Å²) in [6.45, 7) is 1.67. The van der Waals surface area contributed by atoms with Gasteiger partial charge in [0.05, 0.1) is 6.54 Å². The minimum atomic E-state index is -0.840. The zero-order valence-electron chi connectivity index (χ0n) is 12.1. The van der Waals surface area contributed by atoms with Gasteiger partial charge in [0.2, 0.25) is 5.91 Å². The Morgan fingerprint density at radius 2 is 2.41 bits per heavy atom. The second kappa shape index (κ2) is 6.97. The molecule has 118 valence electrons. The molecular formula is C14H18FN5OS. The summed E-state index contributed by atoms with van der Waals surface area (Å²) in [5.74, 6) is -0.111. The predicted octanol–water partition coefficient (Wildman–Crippen LogP) is 1.07. The lowest BCUT2D eigenvalue weighted by Gasteiger charge is -2.23. The number of nitrogens with one attached hydrogen (secondary N) is 1. The highest BCUT2D eigenvalue weighted by atomic mass is 32.1. The molecule has 8 heteroatoms. The number of halogens is 1. The number of likely N-dealkylation sites (tertiary alicyclic amines) is 1. The van der Waals surface area contributed by atoms with Gasteiger partial charge in [-0.05, 0) is 12.5 Å². The summed E-state index contributed by atoms with van der Waals surface area (Å²) >= 11 is 1.57. The maximum absolute atomic E-state index is 13.7. The zero-order valence-corrected chi connectivity index (χ0v) is 12.9. The molecule has 0 bridgehead atoms. The first-order valence-corrected chi connectivity index (χ1v) is 8.09. The van der Waals surface area contributed by atoms with Crippen LogP contribution in [0.4, 0.5) is 4.39 Å². The molecule has 0 aliphatic carbocycles. The molecule has 1 amide bonds. The van der Waals surface area contributed by atoms with E-state index in [4.69, 9.17) is 0 Å². The number of aromatic nitrogens is 3. The van der Waals surface area contributed by atoms with Gasteiger partial charge in [0.25, 0.3) is 0 Å². The van der Waals surface area contributed by atoms with Gasteiger partial charge in [0, 0.05) is 43.1 Å². The summed E-state index contributed by atoms with van der Waals surface area (Å²) in [5, 5.41) is 9.75. The van der Waals surface area contributed by atoms with Gasteiger partial charge in [-0.2, -0.15) is 5.10 Å². The van der Waals surface area contributed by atoms with Gasteiger partial charge in [-0.25, -0.2) is 9.37 Å². The number of nitrogens with zero attached hydrogens (tertiary/aromatic N) is 4. The van der Waals surface area contributed by atoms with E-state index in [0.717, 1.165) is 5.01 Å². The Morgan fingerprint density at radius 3 is 3.14 bits per heavy atom. The number of thiazole rings is 1. The van der Waals surface area contributed by atoms with Gasteiger partial charge in [-0.15, -0.1) is 11.3 Å². The van der Waals surface area contributed by atoms with Crippen LogP contribution >= 0.6 is 11.3 Å². The monoisotopic (exact) mass is 323 g/mol. The second-order valence-corrected chi connectivity index (χ2v) is 6.33. The standard InChI is InChI=1S/C14H18FN5OS/c15-11-6-12(19(8-11)10-14-16-3-5-22-14)7-17-13(21)9-20-4-1-2-18-20/h1-5,11-12H,6-10H2,(H,17,21)/t11-,12-/m0/s1. The number of carbonyl (C=O) groups is 1. The molecule has 0 spiro atoms. The van der Waals surface area contributed by atoms with Gasteiger partial charge in [-0.1, -0.05) is 0 Å². The molecular weight excluding hydrogens is 305 g/mol. The quantitative estimate of drug-likeness (QED) is 0.864. The minimum Gasteiger partial charge on any atom is -0.353 e. The van der Waals surface area contributed by atoms with Gasteiger partial charge in [0.1, 0.15) is 17.7 Å². The summed E-state index contributed by atoms with van der Waals surface area (Å²) in [6, 6.07) is 1.79. The number of amides is 1. The predicted molar refractivity (Wildman–Crippen MR) is 81.1 cm³/mol. The molecule has 1 saturated heterocycles. The highest BCUT2D eigenvalue weighted by Crippen LogP contribution is 2.22. The zero-order chi connectivity index (χ0) is 15.4. The topological polar surface area (TPSA) is 63.1 Å². The van der Waals surface area contributed by atoms with Crippen LogP contribution in [0.3, 0.4) is 0 Å². The fourth-order valence-corrected chi connectivity index (χ4v) is 3.30. The molecule has 1 N–H and O–H groups in total. The molecule has 0 unspecified atom stereocenters. The molecule has 1 fully saturated rings. The van der Waals surface area contributed by atoms with Gasteiger partial charge in [-0.3, -0.25) is 14.4 Å². The SMILES string of the molecule is O=C(Cn1cccn1)NC[C@@H]1C[C@H](F)CN1Cc1nccs1. The van der Waals surface area contributed by atoms with Crippen LogP contribution in [0.15, 0.2) is 30.0 Å². The Morgan fingerprint density at radius 1 is 1.50 bits per heavy atom. The van der Waals surface area contributed by atoms with Crippen LogP contribution < -0.4 is 5.32 Å². The normalized spacial score (nSPS) is 22.0. The number of hydrogen-bond acceptors (Lipinski definition) is 5. The van der Waals surface area contributed by atoms with Crippen LogP contribution in [0.1, 0.15) is 11.4 Å². The fraction of sp³-hybridized carbons (Fsp3) is 0.500. The Balaban J connectivity index is 1.50. The van der Waals surface area contributed by atoms with Crippen molar-refractivity contribution in [1.82, 2.24) is 25.0 Å². The van der Waals surface area contributed by atoms with Crippen LogP contribution in [0, 0.1) is 0 Å². The number of carbonyl (C=O) groups excluding carboxylic acids is 1. The molecule has 1 aliphatic heterocycles. The lowest BCUT2D eigenvalue weighted by atomic mass is 10.2. The third-order valence-corrected chi connectivity index (χ3v) is 4.46. The summed E-state index contributed by atoms with van der Waals surface area (Å²) in [5.41, 5.74) is 0. The first kappa shape index (κ1) is 15.1. The number of rotatable bonds is 6. The van der Waals surface area contributed by atoms with Crippen molar-refractivity contribution in [2.45, 2.75) is 31.7 Å². The molecule has 1 aliphatic rings. The Bertz CT molecular complexity index is 588. The van der Waals surface area contributed by atoms with Crippen LogP contribution in [0.25, 0.3) is 0 Å². The van der Waals surface area contributed by atoms with Gasteiger partial charge in [0.15, 0.2) is 0 Å². The average molecular weight is 323 g/mol. The summed E-state index contributed by atoms with van der Waals surface area (Å²) < 4.78 is 15.3. The van der Waals surface area contributed by atoms with Crippen molar-refractivity contribution in [3.8, 4) is 0 Å². The van der Waals surface area contributed by atoms with Crippen molar-refractivity contribution in [3.05, 3.63) is 35.0 Å². The van der Waals surface area contributed by atoms with E-state index in [-0.39, 0.29) is 18.5 Å². The first-order valence-electron chi connectivity index (χ1n) is 7.21. The second-order valence-electron chi connectivity index (χ2n) is 5.35. The molecule has 6 nitrogen and oxygen atoms in total. The molecule has 3 rings (SSSR count). The van der Waals surface area contributed by atoms with E-state index >= 15 is 0 Å². The lowest BCUT2D eigenvalue weighted by molar-refractivity contribution is -0.122. The summed E-state index contributed by atoms with van der Waals surface area (Å²) in [7, 11) is 0. The third-order valence-electron chi connectivity index (χ3n) is 3.70. The van der Waals surface area contributed by atoms with Gasteiger partial charge < -0.3 is 5.32 Å². The highest BCUT2D eigenvalue weighted by Gasteiger charge is 2.32. The highest BCUT2D eigenvalue weighted by molar-refractivity contribution is 7.09. The maximum atomic E-state index is 13.7. The summed E-state index contributed by atoms with van der Waals surface area (Å²) in [6.07, 6.45) is 4.74. The smallest absolute Gasteiger partial charge is 0.241 e. The molecule has 22 heavy (non-hydrogen) atoms. The lowest BCUT2D eigenvalue weighted by Crippen LogP contribution is -2.40. The van der Waals surface area contributed by atoms with E-state index in [1.165, 1.54) is 0 Å². The van der Waals surface area contributed by atoms with E-state index in [0.29, 0.717) is 26.1 Å². The molecule has 3 heterocycles. The molecule has 2 aromatic rings. The largest absolute Gasteiger partial charge is 0.353 e. The van der Waals surface area contributed by atoms with E-state index in [1.807, 2.05) is 5.38 Å². The Kier molecular flexibility index (Phi) is 4.79. The molecule has 0 saturated carbocycles. The van der Waals surface area contributed by atoms with Crippen LogP contribution in [-0.2, 0) is 17.9 Å². The minimum absolute atomic E-state index is 0.0143. The van der Waals surface area contributed by atoms with E-state index in [2.05, 4.69) is 20.3 Å². The van der Waals surface area contributed by atoms with Crippen LogP contribution in [0.5, 0.6) is 0 Å². The maximum Gasteiger partial charge on any atom is 0.241 e. The molecule has 0 aromatic carbocycles.